The van der Waals surface area contributed by atoms with Crippen molar-refractivity contribution < 1.29 is 22.4 Å². The number of alkyl halides is 3. The first-order chi connectivity index (χ1) is 11.8. The lowest BCUT2D eigenvalue weighted by Crippen LogP contribution is -2.25. The van der Waals surface area contributed by atoms with Crippen LogP contribution in [0.15, 0.2) is 42.6 Å². The Kier molecular flexibility index (Phi) is 4.72. The third-order valence-electron chi connectivity index (χ3n) is 3.72. The molecule has 2 N–H and O–H groups in total. The highest BCUT2D eigenvalue weighted by Crippen LogP contribution is 2.33. The topological polar surface area (TPSA) is 44.9 Å². The molecule has 0 radical (unpaired) electrons. The second kappa shape index (κ2) is 6.66. The number of hydrogen-bond acceptors (Lipinski definition) is 1. The fourth-order valence-electron chi connectivity index (χ4n) is 2.58. The van der Waals surface area contributed by atoms with Crippen molar-refractivity contribution in [3.63, 3.8) is 0 Å². The van der Waals surface area contributed by atoms with E-state index < -0.39 is 35.6 Å². The van der Waals surface area contributed by atoms with Crippen LogP contribution in [0.3, 0.4) is 0 Å². The van der Waals surface area contributed by atoms with Crippen LogP contribution in [0.1, 0.15) is 21.5 Å². The van der Waals surface area contributed by atoms with Gasteiger partial charge in [-0.05, 0) is 52.9 Å². The SMILES string of the molecule is O=C(NCc1c(F)cccc1C(F)(F)F)c1cc(I)cc2cc[nH]c12. The van der Waals surface area contributed by atoms with Gasteiger partial charge in [0.2, 0.25) is 0 Å². The highest BCUT2D eigenvalue weighted by atomic mass is 127. The number of carbonyl (C=O) groups excluding carboxylic acids is 1. The number of nitrogens with one attached hydrogen (secondary N) is 2. The van der Waals surface area contributed by atoms with E-state index in [9.17, 15) is 22.4 Å². The van der Waals surface area contributed by atoms with Gasteiger partial charge in [0.1, 0.15) is 5.82 Å². The monoisotopic (exact) mass is 462 g/mol. The van der Waals surface area contributed by atoms with Crippen molar-refractivity contribution in [3.05, 3.63) is 68.7 Å². The maximum absolute atomic E-state index is 13.8. The summed E-state index contributed by atoms with van der Waals surface area (Å²) in [6.45, 7) is -0.561. The molecular weight excluding hydrogens is 451 g/mol. The maximum atomic E-state index is 13.8. The number of aromatic nitrogens is 1. The predicted molar refractivity (Wildman–Crippen MR) is 93.6 cm³/mol. The third kappa shape index (κ3) is 3.63. The van der Waals surface area contributed by atoms with Crippen molar-refractivity contribution in [2.75, 3.05) is 0 Å². The number of halogens is 5. The second-order valence-corrected chi connectivity index (χ2v) is 6.59. The molecular formula is C17H11F4IN2O. The number of carbonyl (C=O) groups is 1. The van der Waals surface area contributed by atoms with Crippen LogP contribution in [-0.4, -0.2) is 10.9 Å². The molecule has 1 heterocycles. The number of rotatable bonds is 3. The standard InChI is InChI=1S/C17H11F4IN2O/c18-14-3-1-2-13(17(19,20)21)12(14)8-24-16(25)11-7-10(22)6-9-4-5-23-15(9)11/h1-7,23H,8H2,(H,24,25). The van der Waals surface area contributed by atoms with Crippen LogP contribution in [0.5, 0.6) is 0 Å². The van der Waals surface area contributed by atoms with E-state index in [0.717, 1.165) is 27.2 Å². The molecule has 0 saturated heterocycles. The third-order valence-corrected chi connectivity index (χ3v) is 4.34. The van der Waals surface area contributed by atoms with Gasteiger partial charge >= 0.3 is 6.18 Å². The first kappa shape index (κ1) is 17.7. The van der Waals surface area contributed by atoms with Gasteiger partial charge in [-0.2, -0.15) is 13.2 Å². The average molecular weight is 462 g/mol. The molecule has 1 aromatic heterocycles. The fourth-order valence-corrected chi connectivity index (χ4v) is 3.23. The van der Waals surface area contributed by atoms with Crippen LogP contribution in [0.2, 0.25) is 0 Å². The first-order valence-corrected chi connectivity index (χ1v) is 8.24. The van der Waals surface area contributed by atoms with Crippen LogP contribution in [0.25, 0.3) is 10.9 Å². The molecule has 0 aliphatic carbocycles. The normalized spacial score (nSPS) is 11.7. The summed E-state index contributed by atoms with van der Waals surface area (Å²) in [5, 5.41) is 3.18. The van der Waals surface area contributed by atoms with Crippen molar-refractivity contribution in [2.24, 2.45) is 0 Å². The summed E-state index contributed by atoms with van der Waals surface area (Å²) in [5.74, 6) is -1.59. The number of fused-ring (bicyclic) bond motifs is 1. The first-order valence-electron chi connectivity index (χ1n) is 7.17. The molecule has 0 aliphatic rings. The Morgan fingerprint density at radius 1 is 1.20 bits per heavy atom. The molecule has 130 valence electrons. The molecule has 3 rings (SSSR count). The van der Waals surface area contributed by atoms with Crippen molar-refractivity contribution in [1.82, 2.24) is 10.3 Å². The van der Waals surface area contributed by atoms with Crippen molar-refractivity contribution in [1.29, 1.82) is 0 Å². The van der Waals surface area contributed by atoms with Crippen molar-refractivity contribution in [2.45, 2.75) is 12.7 Å². The van der Waals surface area contributed by atoms with Crippen LogP contribution in [0, 0.1) is 9.39 Å². The molecule has 0 bridgehead atoms. The van der Waals surface area contributed by atoms with Crippen LogP contribution in [-0.2, 0) is 12.7 Å². The molecule has 0 saturated carbocycles. The summed E-state index contributed by atoms with van der Waals surface area (Å²) in [4.78, 5) is 15.3. The molecule has 3 aromatic rings. The number of benzene rings is 2. The number of aromatic amines is 1. The Labute approximate surface area is 153 Å². The quantitative estimate of drug-likeness (QED) is 0.424. The minimum atomic E-state index is -4.70. The van der Waals surface area contributed by atoms with E-state index in [4.69, 9.17) is 0 Å². The van der Waals surface area contributed by atoms with Gasteiger partial charge in [0.15, 0.2) is 0 Å². The zero-order valence-corrected chi connectivity index (χ0v) is 14.7. The van der Waals surface area contributed by atoms with E-state index in [1.807, 2.05) is 28.7 Å². The lowest BCUT2D eigenvalue weighted by atomic mass is 10.1. The summed E-state index contributed by atoms with van der Waals surface area (Å²) in [6, 6.07) is 7.98. The highest BCUT2D eigenvalue weighted by molar-refractivity contribution is 14.1. The molecule has 1 amide bonds. The Morgan fingerprint density at radius 3 is 2.68 bits per heavy atom. The molecule has 2 aromatic carbocycles. The maximum Gasteiger partial charge on any atom is 0.416 e. The van der Waals surface area contributed by atoms with E-state index in [1.165, 1.54) is 0 Å². The average Bonchev–Trinajstić information content (AvgIpc) is 2.99. The summed E-state index contributed by atoms with van der Waals surface area (Å²) < 4.78 is 53.7. The van der Waals surface area contributed by atoms with E-state index in [0.29, 0.717) is 5.52 Å². The molecule has 0 fully saturated rings. The van der Waals surface area contributed by atoms with Crippen molar-refractivity contribution >= 4 is 39.4 Å². The predicted octanol–water partition coefficient (Wildman–Crippen LogP) is 4.86. The molecule has 25 heavy (non-hydrogen) atoms. The van der Waals surface area contributed by atoms with E-state index in [1.54, 1.807) is 18.3 Å². The summed E-state index contributed by atoms with van der Waals surface area (Å²) in [5.41, 5.74) is -0.823. The molecule has 8 heteroatoms. The zero-order chi connectivity index (χ0) is 18.2. The summed E-state index contributed by atoms with van der Waals surface area (Å²) in [6.07, 6.45) is -3.03. The highest BCUT2D eigenvalue weighted by Gasteiger charge is 2.34. The van der Waals surface area contributed by atoms with E-state index in [2.05, 4.69) is 10.3 Å². The van der Waals surface area contributed by atoms with Gasteiger partial charge in [-0.15, -0.1) is 0 Å². The van der Waals surface area contributed by atoms with Crippen molar-refractivity contribution in [3.8, 4) is 0 Å². The Hall–Kier alpha value is -2.10. The van der Waals surface area contributed by atoms with Crippen LogP contribution in [0.4, 0.5) is 17.6 Å². The number of amides is 1. The minimum absolute atomic E-state index is 0.289. The van der Waals surface area contributed by atoms with Gasteiger partial charge in [-0.1, -0.05) is 6.07 Å². The lowest BCUT2D eigenvalue weighted by Gasteiger charge is -2.14. The van der Waals surface area contributed by atoms with Gasteiger partial charge in [-0.25, -0.2) is 4.39 Å². The van der Waals surface area contributed by atoms with Gasteiger partial charge in [0.05, 0.1) is 16.6 Å². The fraction of sp³-hybridized carbons (Fsp3) is 0.118. The summed E-state index contributed by atoms with van der Waals surface area (Å²) in [7, 11) is 0. The Morgan fingerprint density at radius 2 is 1.96 bits per heavy atom. The van der Waals surface area contributed by atoms with Gasteiger partial charge in [-0.3, -0.25) is 4.79 Å². The summed E-state index contributed by atoms with van der Waals surface area (Å²) >= 11 is 2.04. The van der Waals surface area contributed by atoms with Gasteiger partial charge in [0.25, 0.3) is 5.91 Å². The molecule has 0 spiro atoms. The van der Waals surface area contributed by atoms with Gasteiger partial charge < -0.3 is 10.3 Å². The van der Waals surface area contributed by atoms with Crippen LogP contribution >= 0.6 is 22.6 Å². The second-order valence-electron chi connectivity index (χ2n) is 5.34. The largest absolute Gasteiger partial charge is 0.416 e. The Bertz CT molecular complexity index is 949. The molecule has 0 atom stereocenters. The van der Waals surface area contributed by atoms with E-state index >= 15 is 0 Å². The minimum Gasteiger partial charge on any atom is -0.361 e. The van der Waals surface area contributed by atoms with Crippen LogP contribution < -0.4 is 5.32 Å². The Balaban J connectivity index is 1.89. The zero-order valence-electron chi connectivity index (χ0n) is 12.5. The van der Waals surface area contributed by atoms with E-state index in [-0.39, 0.29) is 5.56 Å². The van der Waals surface area contributed by atoms with Gasteiger partial charge in [0, 0.05) is 27.3 Å². The number of hydrogen-bond donors (Lipinski definition) is 2. The molecule has 0 aliphatic heterocycles. The smallest absolute Gasteiger partial charge is 0.361 e. The lowest BCUT2D eigenvalue weighted by molar-refractivity contribution is -0.138. The number of H-pyrrole nitrogens is 1. The molecule has 0 unspecified atom stereocenters. The molecule has 3 nitrogen and oxygen atoms in total.